The third-order valence-corrected chi connectivity index (χ3v) is 6.13. The van der Waals surface area contributed by atoms with Gasteiger partial charge in [-0.15, -0.1) is 0 Å². The first kappa shape index (κ1) is 11.8. The highest BCUT2D eigenvalue weighted by atomic mass is 16.1. The topological polar surface area (TPSA) is 34.1 Å². The van der Waals surface area contributed by atoms with Crippen LogP contribution in [-0.2, 0) is 15.0 Å². The summed E-state index contributed by atoms with van der Waals surface area (Å²) < 4.78 is 0. The van der Waals surface area contributed by atoms with Gasteiger partial charge in [-0.3, -0.25) is 9.59 Å². The van der Waals surface area contributed by atoms with Gasteiger partial charge in [-0.05, 0) is 34.4 Å². The lowest BCUT2D eigenvalue weighted by Gasteiger charge is -2.59. The standard InChI is InChI=1S/C21H12O2/c22-15-9-10-16(23)18-17(15)19-11-5-1-3-7-13(11)21(19)14-8-4-2-6-12(14)20(18)21/h1-10,19-20H. The van der Waals surface area contributed by atoms with Gasteiger partial charge in [-0.1, -0.05) is 48.5 Å². The van der Waals surface area contributed by atoms with Crippen LogP contribution in [0.1, 0.15) is 34.1 Å². The fourth-order valence-corrected chi connectivity index (χ4v) is 5.48. The van der Waals surface area contributed by atoms with Crippen molar-refractivity contribution in [2.24, 2.45) is 0 Å². The van der Waals surface area contributed by atoms with Crippen LogP contribution in [0.25, 0.3) is 0 Å². The molecule has 0 aliphatic heterocycles. The smallest absolute Gasteiger partial charge is 0.183 e. The summed E-state index contributed by atoms with van der Waals surface area (Å²) >= 11 is 0. The summed E-state index contributed by atoms with van der Waals surface area (Å²) in [5.74, 6) is 0.127. The Morgan fingerprint density at radius 3 is 1.57 bits per heavy atom. The molecule has 2 atom stereocenters. The van der Waals surface area contributed by atoms with Crippen molar-refractivity contribution in [1.82, 2.24) is 0 Å². The molecule has 0 radical (unpaired) electrons. The molecule has 2 aromatic carbocycles. The van der Waals surface area contributed by atoms with Crippen molar-refractivity contribution in [2.75, 3.05) is 0 Å². The molecule has 0 saturated heterocycles. The van der Waals surface area contributed by atoms with E-state index in [9.17, 15) is 9.59 Å². The van der Waals surface area contributed by atoms with Gasteiger partial charge in [-0.25, -0.2) is 0 Å². The number of rotatable bonds is 0. The maximum atomic E-state index is 12.6. The zero-order valence-electron chi connectivity index (χ0n) is 12.2. The summed E-state index contributed by atoms with van der Waals surface area (Å²) in [6, 6.07) is 16.7. The summed E-state index contributed by atoms with van der Waals surface area (Å²) in [4.78, 5) is 25.2. The second-order valence-corrected chi connectivity index (χ2v) is 6.80. The minimum absolute atomic E-state index is 0.0128. The number of fused-ring (bicyclic) bond motifs is 6. The van der Waals surface area contributed by atoms with Crippen LogP contribution in [0.5, 0.6) is 0 Å². The Bertz CT molecular complexity index is 940. The largest absolute Gasteiger partial charge is 0.290 e. The molecule has 0 aromatic heterocycles. The number of hydrogen-bond donors (Lipinski definition) is 0. The first-order valence-corrected chi connectivity index (χ1v) is 7.96. The molecule has 2 heteroatoms. The van der Waals surface area contributed by atoms with Gasteiger partial charge in [0.05, 0.1) is 0 Å². The van der Waals surface area contributed by atoms with Crippen molar-refractivity contribution >= 4 is 11.6 Å². The predicted molar refractivity (Wildman–Crippen MR) is 85.3 cm³/mol. The van der Waals surface area contributed by atoms with Gasteiger partial charge in [0.1, 0.15) is 0 Å². The molecule has 2 aromatic rings. The summed E-state index contributed by atoms with van der Waals surface area (Å²) in [6.45, 7) is 0. The number of allylic oxidation sites excluding steroid dienone is 4. The third-order valence-electron chi connectivity index (χ3n) is 6.13. The average Bonchev–Trinajstić information content (AvgIpc) is 2.79. The van der Waals surface area contributed by atoms with Crippen molar-refractivity contribution in [3.8, 4) is 0 Å². The van der Waals surface area contributed by atoms with Crippen LogP contribution in [0, 0.1) is 0 Å². The minimum Gasteiger partial charge on any atom is -0.290 e. The maximum Gasteiger partial charge on any atom is 0.183 e. The van der Waals surface area contributed by atoms with E-state index in [1.54, 1.807) is 0 Å². The molecule has 2 unspecified atom stereocenters. The van der Waals surface area contributed by atoms with Crippen molar-refractivity contribution in [3.63, 3.8) is 0 Å². The van der Waals surface area contributed by atoms with E-state index in [0.29, 0.717) is 0 Å². The Hall–Kier alpha value is -2.74. The normalized spacial score (nSPS) is 31.5. The van der Waals surface area contributed by atoms with E-state index in [0.717, 1.165) is 11.1 Å². The van der Waals surface area contributed by atoms with Gasteiger partial charge >= 0.3 is 0 Å². The van der Waals surface area contributed by atoms with Gasteiger partial charge in [0.25, 0.3) is 0 Å². The number of ketones is 2. The molecule has 108 valence electrons. The molecular formula is C21H12O2. The number of benzene rings is 2. The van der Waals surface area contributed by atoms with Crippen LogP contribution in [0.2, 0.25) is 0 Å². The molecule has 0 fully saturated rings. The lowest BCUT2D eigenvalue weighted by molar-refractivity contribution is -0.115. The fraction of sp³-hybridized carbons (Fsp3) is 0.143. The summed E-state index contributed by atoms with van der Waals surface area (Å²) in [5, 5.41) is 0. The Morgan fingerprint density at radius 2 is 1.09 bits per heavy atom. The van der Waals surface area contributed by atoms with E-state index < -0.39 is 0 Å². The average molecular weight is 296 g/mol. The van der Waals surface area contributed by atoms with E-state index in [1.807, 2.05) is 12.1 Å². The van der Waals surface area contributed by atoms with Crippen LogP contribution in [0.15, 0.2) is 71.8 Å². The van der Waals surface area contributed by atoms with Crippen LogP contribution in [0.3, 0.4) is 0 Å². The molecule has 2 nitrogen and oxygen atoms in total. The summed E-state index contributed by atoms with van der Waals surface area (Å²) in [6.07, 6.45) is 2.90. The second kappa shape index (κ2) is 3.43. The van der Waals surface area contributed by atoms with Gasteiger partial charge < -0.3 is 0 Å². The molecule has 23 heavy (non-hydrogen) atoms. The van der Waals surface area contributed by atoms with Crippen molar-refractivity contribution < 1.29 is 9.59 Å². The highest BCUT2D eigenvalue weighted by molar-refractivity contribution is 6.24. The van der Waals surface area contributed by atoms with Crippen LogP contribution >= 0.6 is 0 Å². The first-order valence-electron chi connectivity index (χ1n) is 7.96. The Balaban J connectivity index is 1.74. The molecule has 0 amide bonds. The Labute approximate surface area is 133 Å². The molecule has 0 N–H and O–H groups in total. The van der Waals surface area contributed by atoms with E-state index >= 15 is 0 Å². The SMILES string of the molecule is O=C1C=CC(=O)C2=C1C1c3ccccc3C13c1ccccc1C23. The molecule has 6 rings (SSSR count). The lowest BCUT2D eigenvalue weighted by Crippen LogP contribution is -2.53. The fourth-order valence-electron chi connectivity index (χ4n) is 5.48. The zero-order valence-corrected chi connectivity index (χ0v) is 12.2. The van der Waals surface area contributed by atoms with Crippen LogP contribution in [0.4, 0.5) is 0 Å². The molecule has 0 heterocycles. The zero-order chi connectivity index (χ0) is 15.3. The van der Waals surface area contributed by atoms with Crippen molar-refractivity contribution in [1.29, 1.82) is 0 Å². The maximum absolute atomic E-state index is 12.6. The molecule has 0 saturated carbocycles. The third kappa shape index (κ3) is 0.987. The molecular weight excluding hydrogens is 284 g/mol. The minimum atomic E-state index is -0.171. The van der Waals surface area contributed by atoms with Crippen molar-refractivity contribution in [2.45, 2.75) is 17.3 Å². The van der Waals surface area contributed by atoms with Crippen LogP contribution in [-0.4, -0.2) is 11.6 Å². The molecule has 1 spiro atoms. The first-order chi connectivity index (χ1) is 11.3. The highest BCUT2D eigenvalue weighted by Crippen LogP contribution is 2.77. The van der Waals surface area contributed by atoms with E-state index in [4.69, 9.17) is 0 Å². The summed E-state index contributed by atoms with van der Waals surface area (Å²) in [7, 11) is 0. The van der Waals surface area contributed by atoms with Gasteiger partial charge in [0, 0.05) is 28.4 Å². The van der Waals surface area contributed by atoms with E-state index in [-0.39, 0.29) is 28.8 Å². The number of carbonyl (C=O) groups excluding carboxylic acids is 2. The quantitative estimate of drug-likeness (QED) is 0.700. The number of carbonyl (C=O) groups is 2. The van der Waals surface area contributed by atoms with Crippen LogP contribution < -0.4 is 0 Å². The molecule has 0 bridgehead atoms. The predicted octanol–water partition coefficient (Wildman–Crippen LogP) is 3.19. The van der Waals surface area contributed by atoms with Gasteiger partial charge in [0.15, 0.2) is 11.6 Å². The Kier molecular flexibility index (Phi) is 1.76. The monoisotopic (exact) mass is 296 g/mol. The number of hydrogen-bond acceptors (Lipinski definition) is 2. The molecule has 4 aliphatic carbocycles. The summed E-state index contributed by atoms with van der Waals surface area (Å²) in [5.41, 5.74) is 6.35. The highest BCUT2D eigenvalue weighted by Gasteiger charge is 2.71. The second-order valence-electron chi connectivity index (χ2n) is 6.80. The lowest BCUT2D eigenvalue weighted by atomic mass is 9.42. The van der Waals surface area contributed by atoms with Gasteiger partial charge in [-0.2, -0.15) is 0 Å². The van der Waals surface area contributed by atoms with E-state index in [2.05, 4.69) is 36.4 Å². The molecule has 4 aliphatic rings. The Morgan fingerprint density at radius 1 is 0.652 bits per heavy atom. The van der Waals surface area contributed by atoms with E-state index in [1.165, 1.54) is 34.4 Å². The van der Waals surface area contributed by atoms with Gasteiger partial charge in [0.2, 0.25) is 0 Å². The van der Waals surface area contributed by atoms with Crippen molar-refractivity contribution in [3.05, 3.63) is 94.1 Å².